The number of nitrogens with zero attached hydrogens (tertiary/aromatic N) is 3. The summed E-state index contributed by atoms with van der Waals surface area (Å²) < 4.78 is 37.7. The van der Waals surface area contributed by atoms with Crippen molar-refractivity contribution in [3.05, 3.63) is 16.1 Å². The minimum atomic E-state index is -4.40. The van der Waals surface area contributed by atoms with Gasteiger partial charge in [0.15, 0.2) is 11.7 Å². The Bertz CT molecular complexity index is 640. The number of piperidine rings is 1. The van der Waals surface area contributed by atoms with Crippen molar-refractivity contribution in [3.63, 3.8) is 0 Å². The van der Waals surface area contributed by atoms with Gasteiger partial charge in [0.05, 0.1) is 11.6 Å². The van der Waals surface area contributed by atoms with Crippen LogP contribution in [0.15, 0.2) is 10.4 Å². The third-order valence-corrected chi connectivity index (χ3v) is 5.00. The SMILES string of the molecule is CCNC(=NCCc1nc(C(F)(F)F)cs1)NC1CCN(CC(N)=O)CC1. The number of thiazole rings is 1. The fraction of sp³-hybridized carbons (Fsp3) is 0.688. The summed E-state index contributed by atoms with van der Waals surface area (Å²) in [6.07, 6.45) is -2.33. The molecule has 11 heteroatoms. The second-order valence-electron chi connectivity index (χ2n) is 6.30. The Kier molecular flexibility index (Phi) is 7.84. The Morgan fingerprint density at radius 2 is 2.15 bits per heavy atom. The molecule has 4 N–H and O–H groups in total. The van der Waals surface area contributed by atoms with Crippen LogP contribution in [0.5, 0.6) is 0 Å². The molecule has 1 aromatic rings. The summed E-state index contributed by atoms with van der Waals surface area (Å²) in [5.41, 5.74) is 4.37. The predicted octanol–water partition coefficient (Wildman–Crippen LogP) is 1.21. The highest BCUT2D eigenvalue weighted by Gasteiger charge is 2.33. The van der Waals surface area contributed by atoms with E-state index in [9.17, 15) is 18.0 Å². The number of aromatic nitrogens is 1. The molecular formula is C16H25F3N6OS. The zero-order chi connectivity index (χ0) is 19.9. The molecule has 27 heavy (non-hydrogen) atoms. The van der Waals surface area contributed by atoms with Crippen LogP contribution in [0.25, 0.3) is 0 Å². The van der Waals surface area contributed by atoms with E-state index in [1.54, 1.807) is 0 Å². The lowest BCUT2D eigenvalue weighted by molar-refractivity contribution is -0.140. The van der Waals surface area contributed by atoms with Gasteiger partial charge in [-0.05, 0) is 19.8 Å². The number of hydrogen-bond acceptors (Lipinski definition) is 5. The minimum Gasteiger partial charge on any atom is -0.369 e. The molecule has 0 saturated carbocycles. The number of halogens is 3. The number of amides is 1. The zero-order valence-electron chi connectivity index (χ0n) is 15.2. The van der Waals surface area contributed by atoms with E-state index in [0.29, 0.717) is 30.5 Å². The number of nitrogens with one attached hydrogen (secondary N) is 2. The van der Waals surface area contributed by atoms with Gasteiger partial charge < -0.3 is 16.4 Å². The first-order chi connectivity index (χ1) is 12.8. The molecule has 0 spiro atoms. The number of carbonyl (C=O) groups excluding carboxylic acids is 1. The van der Waals surface area contributed by atoms with Crippen LogP contribution in [0, 0.1) is 0 Å². The second-order valence-corrected chi connectivity index (χ2v) is 7.24. The number of primary amides is 1. The highest BCUT2D eigenvalue weighted by molar-refractivity contribution is 7.09. The first kappa shape index (κ1) is 21.4. The van der Waals surface area contributed by atoms with Crippen LogP contribution >= 0.6 is 11.3 Å². The van der Waals surface area contributed by atoms with Crippen LogP contribution in [-0.4, -0.2) is 60.5 Å². The quantitative estimate of drug-likeness (QED) is 0.467. The fourth-order valence-corrected chi connectivity index (χ4v) is 3.58. The predicted molar refractivity (Wildman–Crippen MR) is 98.6 cm³/mol. The smallest absolute Gasteiger partial charge is 0.369 e. The molecule has 1 saturated heterocycles. The van der Waals surface area contributed by atoms with E-state index in [2.05, 4.69) is 20.6 Å². The average Bonchev–Trinajstić information content (AvgIpc) is 3.05. The summed E-state index contributed by atoms with van der Waals surface area (Å²) in [6, 6.07) is 0.226. The van der Waals surface area contributed by atoms with Crippen molar-refractivity contribution in [2.24, 2.45) is 10.7 Å². The van der Waals surface area contributed by atoms with Crippen molar-refractivity contribution in [2.75, 3.05) is 32.7 Å². The van der Waals surface area contributed by atoms with Crippen LogP contribution in [0.2, 0.25) is 0 Å². The maximum absolute atomic E-state index is 12.6. The highest BCUT2D eigenvalue weighted by Crippen LogP contribution is 2.30. The second kappa shape index (κ2) is 9.88. The van der Waals surface area contributed by atoms with E-state index in [4.69, 9.17) is 5.73 Å². The molecular weight excluding hydrogens is 381 g/mol. The summed E-state index contributed by atoms with van der Waals surface area (Å²) in [5.74, 6) is 0.311. The van der Waals surface area contributed by atoms with E-state index in [1.165, 1.54) is 0 Å². The molecule has 1 aliphatic rings. The number of aliphatic imine (C=N–C) groups is 1. The van der Waals surface area contributed by atoms with E-state index in [-0.39, 0.29) is 18.5 Å². The molecule has 2 rings (SSSR count). The Morgan fingerprint density at radius 3 is 2.70 bits per heavy atom. The molecule has 152 valence electrons. The summed E-state index contributed by atoms with van der Waals surface area (Å²) >= 11 is 0.998. The summed E-state index contributed by atoms with van der Waals surface area (Å²) in [4.78, 5) is 21.0. The Labute approximate surface area is 160 Å². The highest BCUT2D eigenvalue weighted by atomic mass is 32.1. The molecule has 0 radical (unpaired) electrons. The number of hydrogen-bond donors (Lipinski definition) is 3. The summed E-state index contributed by atoms with van der Waals surface area (Å²) in [5, 5.41) is 7.94. The topological polar surface area (TPSA) is 95.6 Å². The van der Waals surface area contributed by atoms with Gasteiger partial charge in [-0.2, -0.15) is 13.2 Å². The number of rotatable bonds is 7. The van der Waals surface area contributed by atoms with Crippen molar-refractivity contribution in [3.8, 4) is 0 Å². The lowest BCUT2D eigenvalue weighted by Crippen LogP contribution is -2.49. The molecule has 1 aromatic heterocycles. The first-order valence-corrected chi connectivity index (χ1v) is 9.73. The Balaban J connectivity index is 1.82. The van der Waals surface area contributed by atoms with E-state index >= 15 is 0 Å². The summed E-state index contributed by atoms with van der Waals surface area (Å²) in [7, 11) is 0. The van der Waals surface area contributed by atoms with Gasteiger partial charge in [-0.25, -0.2) is 4.98 Å². The average molecular weight is 406 g/mol. The largest absolute Gasteiger partial charge is 0.434 e. The molecule has 1 fully saturated rings. The first-order valence-electron chi connectivity index (χ1n) is 8.85. The molecule has 0 aromatic carbocycles. The van der Waals surface area contributed by atoms with Crippen LogP contribution in [0.3, 0.4) is 0 Å². The molecule has 1 aliphatic heterocycles. The van der Waals surface area contributed by atoms with Gasteiger partial charge in [0.2, 0.25) is 5.91 Å². The van der Waals surface area contributed by atoms with Gasteiger partial charge in [-0.3, -0.25) is 14.7 Å². The van der Waals surface area contributed by atoms with Gasteiger partial charge in [0.25, 0.3) is 0 Å². The molecule has 1 amide bonds. The minimum absolute atomic E-state index is 0.226. The third-order valence-electron chi connectivity index (χ3n) is 4.09. The zero-order valence-corrected chi connectivity index (χ0v) is 16.0. The normalized spacial score (nSPS) is 17.1. The molecule has 2 heterocycles. The Morgan fingerprint density at radius 1 is 1.44 bits per heavy atom. The van der Waals surface area contributed by atoms with Crippen molar-refractivity contribution in [1.82, 2.24) is 20.5 Å². The molecule has 0 bridgehead atoms. The van der Waals surface area contributed by atoms with Crippen LogP contribution < -0.4 is 16.4 Å². The van der Waals surface area contributed by atoms with Gasteiger partial charge in [-0.1, -0.05) is 0 Å². The molecule has 7 nitrogen and oxygen atoms in total. The summed E-state index contributed by atoms with van der Waals surface area (Å²) in [6.45, 7) is 4.80. The van der Waals surface area contributed by atoms with Gasteiger partial charge in [-0.15, -0.1) is 11.3 Å². The van der Waals surface area contributed by atoms with Crippen LogP contribution in [-0.2, 0) is 17.4 Å². The number of guanidine groups is 1. The Hall–Kier alpha value is -1.88. The van der Waals surface area contributed by atoms with Crippen molar-refractivity contribution >= 4 is 23.2 Å². The van der Waals surface area contributed by atoms with Crippen molar-refractivity contribution in [1.29, 1.82) is 0 Å². The van der Waals surface area contributed by atoms with Gasteiger partial charge in [0, 0.05) is 44.0 Å². The van der Waals surface area contributed by atoms with Crippen LogP contribution in [0.4, 0.5) is 13.2 Å². The van der Waals surface area contributed by atoms with E-state index < -0.39 is 11.9 Å². The monoisotopic (exact) mass is 406 g/mol. The maximum Gasteiger partial charge on any atom is 0.434 e. The maximum atomic E-state index is 12.6. The standard InChI is InChI=1S/C16H25F3N6OS/c1-2-21-15(23-11-4-7-25(8-5-11)9-13(20)26)22-6-3-14-24-12(10-27-14)16(17,18)19/h10-11H,2-9H2,1H3,(H2,20,26)(H2,21,22,23). The number of nitrogens with two attached hydrogens (primary N) is 1. The number of likely N-dealkylation sites (tertiary alicyclic amines) is 1. The van der Waals surface area contributed by atoms with Gasteiger partial charge in [0.1, 0.15) is 0 Å². The fourth-order valence-electron chi connectivity index (χ4n) is 2.79. The van der Waals surface area contributed by atoms with Crippen molar-refractivity contribution < 1.29 is 18.0 Å². The molecule has 0 atom stereocenters. The van der Waals surface area contributed by atoms with E-state index in [1.807, 2.05) is 11.8 Å². The lowest BCUT2D eigenvalue weighted by atomic mass is 10.1. The third kappa shape index (κ3) is 7.33. The van der Waals surface area contributed by atoms with Crippen LogP contribution in [0.1, 0.15) is 30.5 Å². The molecule has 0 unspecified atom stereocenters. The van der Waals surface area contributed by atoms with E-state index in [0.717, 1.165) is 42.6 Å². The number of carbonyl (C=O) groups is 1. The lowest BCUT2D eigenvalue weighted by Gasteiger charge is -2.32. The number of alkyl halides is 3. The van der Waals surface area contributed by atoms with Gasteiger partial charge >= 0.3 is 6.18 Å². The molecule has 0 aliphatic carbocycles. The van der Waals surface area contributed by atoms with Crippen molar-refractivity contribution in [2.45, 2.75) is 38.4 Å².